The monoisotopic (exact) mass is 374 g/mol. The van der Waals surface area contributed by atoms with Gasteiger partial charge in [0, 0.05) is 30.2 Å². The molecule has 2 heterocycles. The number of rotatable bonds is 5. The van der Waals surface area contributed by atoms with Gasteiger partial charge in [0.05, 0.1) is 6.20 Å². The Kier molecular flexibility index (Phi) is 5.37. The second-order valence-electron chi connectivity index (χ2n) is 7.28. The fraction of sp³-hybridized carbons (Fsp3) is 0.318. The van der Waals surface area contributed by atoms with Crippen LogP contribution in [0.2, 0.25) is 0 Å². The third-order valence-corrected chi connectivity index (χ3v) is 5.14. The number of para-hydroxylation sites is 1. The largest absolute Gasteiger partial charge is 0.372 e. The van der Waals surface area contributed by atoms with E-state index < -0.39 is 0 Å². The lowest BCUT2D eigenvalue weighted by atomic mass is 10.1. The van der Waals surface area contributed by atoms with Crippen molar-refractivity contribution >= 4 is 28.8 Å². The Labute approximate surface area is 166 Å². The highest BCUT2D eigenvalue weighted by Gasteiger charge is 2.11. The predicted molar refractivity (Wildman–Crippen MR) is 115 cm³/mol. The van der Waals surface area contributed by atoms with Crippen LogP contribution >= 0.6 is 0 Å². The molecular weight excluding hydrogens is 348 g/mol. The lowest BCUT2D eigenvalue weighted by Gasteiger charge is -2.28. The van der Waals surface area contributed by atoms with Crippen molar-refractivity contribution in [1.29, 1.82) is 0 Å². The van der Waals surface area contributed by atoms with Crippen molar-refractivity contribution in [2.45, 2.75) is 33.1 Å². The highest BCUT2D eigenvalue weighted by molar-refractivity contribution is 5.64. The fourth-order valence-electron chi connectivity index (χ4n) is 3.60. The van der Waals surface area contributed by atoms with Crippen LogP contribution in [0.4, 0.5) is 28.8 Å². The van der Waals surface area contributed by atoms with Crippen LogP contribution in [0.15, 0.2) is 48.7 Å². The number of piperidine rings is 1. The summed E-state index contributed by atoms with van der Waals surface area (Å²) in [5.41, 5.74) is 5.58. The topological polar surface area (TPSA) is 66.0 Å². The molecule has 0 unspecified atom stereocenters. The minimum Gasteiger partial charge on any atom is -0.372 e. The smallest absolute Gasteiger partial charge is 0.249 e. The van der Waals surface area contributed by atoms with E-state index in [0.717, 1.165) is 35.6 Å². The minimum absolute atomic E-state index is 0.479. The molecule has 1 fully saturated rings. The van der Waals surface area contributed by atoms with E-state index in [0.29, 0.717) is 11.8 Å². The minimum atomic E-state index is 0.479. The van der Waals surface area contributed by atoms with Gasteiger partial charge in [-0.3, -0.25) is 0 Å². The standard InChI is InChI=1S/C22H26N6/c1-16-7-6-8-17(2)21(16)26-22-25-20(15-23-27-22)24-18-9-11-19(12-10-18)28-13-4-3-5-14-28/h6-12,15H,3-5,13-14H2,1-2H3,(H2,24,25,26,27). The summed E-state index contributed by atoms with van der Waals surface area (Å²) >= 11 is 0. The lowest BCUT2D eigenvalue weighted by molar-refractivity contribution is 0.578. The summed E-state index contributed by atoms with van der Waals surface area (Å²) in [6.45, 7) is 6.43. The average molecular weight is 374 g/mol. The molecule has 2 aromatic carbocycles. The van der Waals surface area contributed by atoms with Crippen LogP contribution in [0, 0.1) is 13.8 Å². The first-order chi connectivity index (χ1) is 13.7. The van der Waals surface area contributed by atoms with E-state index in [-0.39, 0.29) is 0 Å². The third-order valence-electron chi connectivity index (χ3n) is 5.14. The SMILES string of the molecule is Cc1cccc(C)c1Nc1nncc(Nc2ccc(N3CCCCC3)cc2)n1. The molecule has 1 aliphatic heterocycles. The highest BCUT2D eigenvalue weighted by atomic mass is 15.3. The summed E-state index contributed by atoms with van der Waals surface area (Å²) in [4.78, 5) is 7.00. The van der Waals surface area contributed by atoms with Gasteiger partial charge in [0.2, 0.25) is 5.95 Å². The zero-order valence-electron chi connectivity index (χ0n) is 16.4. The summed E-state index contributed by atoms with van der Waals surface area (Å²) in [7, 11) is 0. The summed E-state index contributed by atoms with van der Waals surface area (Å²) in [6, 6.07) is 14.7. The van der Waals surface area contributed by atoms with Gasteiger partial charge in [0.1, 0.15) is 0 Å². The molecule has 6 nitrogen and oxygen atoms in total. The molecule has 0 spiro atoms. The Hall–Kier alpha value is -3.15. The van der Waals surface area contributed by atoms with Crippen molar-refractivity contribution in [1.82, 2.24) is 15.2 Å². The summed E-state index contributed by atoms with van der Waals surface area (Å²) in [5, 5.41) is 14.8. The molecule has 2 N–H and O–H groups in total. The van der Waals surface area contributed by atoms with Crippen molar-refractivity contribution < 1.29 is 0 Å². The van der Waals surface area contributed by atoms with E-state index in [1.54, 1.807) is 6.20 Å². The van der Waals surface area contributed by atoms with E-state index in [2.05, 4.69) is 81.0 Å². The van der Waals surface area contributed by atoms with Gasteiger partial charge < -0.3 is 15.5 Å². The van der Waals surface area contributed by atoms with Gasteiger partial charge in [-0.1, -0.05) is 18.2 Å². The quantitative estimate of drug-likeness (QED) is 0.657. The van der Waals surface area contributed by atoms with E-state index in [1.807, 2.05) is 6.07 Å². The lowest BCUT2D eigenvalue weighted by Crippen LogP contribution is -2.29. The van der Waals surface area contributed by atoms with Gasteiger partial charge in [0.15, 0.2) is 5.82 Å². The second-order valence-corrected chi connectivity index (χ2v) is 7.28. The van der Waals surface area contributed by atoms with E-state index in [9.17, 15) is 0 Å². The first-order valence-corrected chi connectivity index (χ1v) is 9.84. The van der Waals surface area contributed by atoms with Gasteiger partial charge in [0.25, 0.3) is 0 Å². The van der Waals surface area contributed by atoms with Gasteiger partial charge >= 0.3 is 0 Å². The molecule has 144 valence electrons. The molecule has 1 saturated heterocycles. The Balaban J connectivity index is 1.46. The van der Waals surface area contributed by atoms with E-state index in [4.69, 9.17) is 0 Å². The Bertz CT molecular complexity index is 912. The third kappa shape index (κ3) is 4.22. The number of hydrogen-bond donors (Lipinski definition) is 2. The molecular formula is C22H26N6. The molecule has 3 aromatic rings. The molecule has 0 radical (unpaired) electrons. The van der Waals surface area contributed by atoms with Crippen molar-refractivity contribution in [3.05, 3.63) is 59.8 Å². The zero-order valence-corrected chi connectivity index (χ0v) is 16.4. The molecule has 0 amide bonds. The van der Waals surface area contributed by atoms with Crippen molar-refractivity contribution in [3.63, 3.8) is 0 Å². The summed E-state index contributed by atoms with van der Waals surface area (Å²) < 4.78 is 0. The predicted octanol–water partition coefficient (Wildman–Crippen LogP) is 4.97. The molecule has 0 saturated carbocycles. The molecule has 0 atom stereocenters. The Morgan fingerprint density at radius 1 is 0.857 bits per heavy atom. The maximum Gasteiger partial charge on any atom is 0.249 e. The molecule has 0 bridgehead atoms. The van der Waals surface area contributed by atoms with Gasteiger partial charge in [-0.15, -0.1) is 5.10 Å². The molecule has 6 heteroatoms. The van der Waals surface area contributed by atoms with Crippen LogP contribution in [0.1, 0.15) is 30.4 Å². The second kappa shape index (κ2) is 8.25. The first kappa shape index (κ1) is 18.2. The van der Waals surface area contributed by atoms with Crippen molar-refractivity contribution in [2.75, 3.05) is 28.6 Å². The van der Waals surface area contributed by atoms with Crippen molar-refractivity contribution in [2.24, 2.45) is 0 Å². The van der Waals surface area contributed by atoms with Crippen LogP contribution in [-0.4, -0.2) is 28.3 Å². The van der Waals surface area contributed by atoms with Gasteiger partial charge in [-0.2, -0.15) is 10.1 Å². The van der Waals surface area contributed by atoms with Gasteiger partial charge in [-0.05, 0) is 68.5 Å². The number of aromatic nitrogens is 3. The molecule has 1 aromatic heterocycles. The van der Waals surface area contributed by atoms with Crippen LogP contribution in [-0.2, 0) is 0 Å². The Morgan fingerprint density at radius 2 is 1.57 bits per heavy atom. The number of benzene rings is 2. The number of nitrogens with one attached hydrogen (secondary N) is 2. The normalized spacial score (nSPS) is 14.0. The maximum absolute atomic E-state index is 4.55. The molecule has 1 aliphatic rings. The molecule has 4 rings (SSSR count). The molecule has 0 aliphatic carbocycles. The Morgan fingerprint density at radius 3 is 2.29 bits per heavy atom. The summed E-state index contributed by atoms with van der Waals surface area (Å²) in [6.07, 6.45) is 5.54. The van der Waals surface area contributed by atoms with Crippen molar-refractivity contribution in [3.8, 4) is 0 Å². The first-order valence-electron chi connectivity index (χ1n) is 9.84. The number of anilines is 5. The van der Waals surface area contributed by atoms with Crippen LogP contribution in [0.25, 0.3) is 0 Å². The highest BCUT2D eigenvalue weighted by Crippen LogP contribution is 2.25. The fourth-order valence-corrected chi connectivity index (χ4v) is 3.60. The van der Waals surface area contributed by atoms with Crippen LogP contribution in [0.3, 0.4) is 0 Å². The number of aryl methyl sites for hydroxylation is 2. The number of hydrogen-bond acceptors (Lipinski definition) is 6. The van der Waals surface area contributed by atoms with E-state index >= 15 is 0 Å². The van der Waals surface area contributed by atoms with Crippen LogP contribution in [0.5, 0.6) is 0 Å². The maximum atomic E-state index is 4.55. The van der Waals surface area contributed by atoms with Gasteiger partial charge in [-0.25, -0.2) is 0 Å². The summed E-state index contributed by atoms with van der Waals surface area (Å²) in [5.74, 6) is 1.14. The number of nitrogens with zero attached hydrogens (tertiary/aromatic N) is 4. The zero-order chi connectivity index (χ0) is 19.3. The van der Waals surface area contributed by atoms with E-state index in [1.165, 1.54) is 24.9 Å². The molecule has 28 heavy (non-hydrogen) atoms. The average Bonchev–Trinajstić information content (AvgIpc) is 2.72. The van der Waals surface area contributed by atoms with Crippen LogP contribution < -0.4 is 15.5 Å².